The second kappa shape index (κ2) is 26.3. The van der Waals surface area contributed by atoms with Gasteiger partial charge in [0, 0.05) is 5.33 Å². The average molecular weight is 976 g/mol. The molecule has 18 nitrogen and oxygen atoms in total. The number of nitrogens with two attached hydrogens (primary N) is 2. The molecule has 344 valence electrons. The highest BCUT2D eigenvalue weighted by Gasteiger charge is 2.25. The highest BCUT2D eigenvalue weighted by Crippen LogP contribution is 2.52. The number of aromatic amines is 1. The van der Waals surface area contributed by atoms with Gasteiger partial charge in [0.1, 0.15) is 5.52 Å². The Morgan fingerprint density at radius 2 is 1.17 bits per heavy atom. The van der Waals surface area contributed by atoms with Crippen molar-refractivity contribution < 1.29 is 36.7 Å². The van der Waals surface area contributed by atoms with E-state index in [1.165, 1.54) is 6.33 Å². The molecule has 0 spiro atoms. The third-order valence-corrected chi connectivity index (χ3v) is 13.5. The Hall–Kier alpha value is -4.48. The molecule has 2 aromatic carbocycles. The number of hydrogen-bond acceptors (Lipinski definition) is 16. The lowest BCUT2D eigenvalue weighted by molar-refractivity contribution is 0.218. The van der Waals surface area contributed by atoms with Crippen LogP contribution in [0, 0.1) is 0 Å². The third-order valence-electron chi connectivity index (χ3n) is 8.77. The number of hydrogen-bond donors (Lipinski definition) is 3. The van der Waals surface area contributed by atoms with Crippen molar-refractivity contribution in [3.05, 3.63) is 83.4 Å². The molecule has 0 fully saturated rings. The zero-order valence-electron chi connectivity index (χ0n) is 37.0. The van der Waals surface area contributed by atoms with Crippen LogP contribution >= 0.6 is 31.1 Å². The number of nitrogens with zero attached hydrogens (tertiary/aromatic N) is 7. The van der Waals surface area contributed by atoms with E-state index in [1.54, 1.807) is 20.2 Å². The molecule has 0 aliphatic carbocycles. The number of aromatic nitrogens is 8. The number of rotatable bonds is 23. The number of unbranched alkanes of at least 4 members (excludes halogenated alkanes) is 2. The van der Waals surface area contributed by atoms with Gasteiger partial charge in [0.05, 0.1) is 71.2 Å². The molecule has 4 aromatic heterocycles. The van der Waals surface area contributed by atoms with Gasteiger partial charge in [-0.1, -0.05) is 91.1 Å². The molecule has 6 rings (SSSR count). The summed E-state index contributed by atoms with van der Waals surface area (Å²) in [5, 5.41) is 0.786. The topological polar surface area (TPSA) is 240 Å². The summed E-state index contributed by atoms with van der Waals surface area (Å²) < 4.78 is 59.4. The number of fused-ring (bicyclic) bond motifs is 2. The summed E-state index contributed by atoms with van der Waals surface area (Å²) in [6, 6.07) is 16.3. The van der Waals surface area contributed by atoms with Crippen LogP contribution < -0.4 is 20.9 Å². The van der Waals surface area contributed by atoms with Gasteiger partial charge in [0.15, 0.2) is 28.4 Å². The number of imidazole rings is 2. The number of alkyl halides is 1. The number of ether oxygens (including phenoxy) is 2. The van der Waals surface area contributed by atoms with Crippen LogP contribution in [0.5, 0.6) is 12.0 Å². The van der Waals surface area contributed by atoms with E-state index in [-0.39, 0.29) is 12.2 Å². The maximum Gasteiger partial charge on any atom is 0.335 e. The number of benzene rings is 2. The number of H-pyrrole nitrogens is 1. The van der Waals surface area contributed by atoms with E-state index in [0.29, 0.717) is 92.3 Å². The first-order valence-corrected chi connectivity index (χ1v) is 25.7. The Morgan fingerprint density at radius 1 is 0.667 bits per heavy atom. The van der Waals surface area contributed by atoms with Crippen molar-refractivity contribution in [2.24, 2.45) is 0 Å². The van der Waals surface area contributed by atoms with Crippen molar-refractivity contribution in [3.63, 3.8) is 0 Å². The van der Waals surface area contributed by atoms with Crippen LogP contribution in [-0.4, -0.2) is 79.1 Å². The first-order chi connectivity index (χ1) is 30.4. The van der Waals surface area contributed by atoms with E-state index in [1.807, 2.05) is 66.9 Å². The van der Waals surface area contributed by atoms with Gasteiger partial charge in [-0.05, 0) is 62.8 Å². The predicted octanol–water partition coefficient (Wildman–Crippen LogP) is 9.86. The second-order valence-corrected chi connectivity index (χ2v) is 18.5. The molecule has 5 N–H and O–H groups in total. The van der Waals surface area contributed by atoms with Crippen LogP contribution in [0.15, 0.2) is 61.2 Å². The van der Waals surface area contributed by atoms with Gasteiger partial charge in [-0.3, -0.25) is 9.13 Å². The van der Waals surface area contributed by atoms with Gasteiger partial charge < -0.3 is 48.6 Å². The smallest absolute Gasteiger partial charge is 0.335 e. The summed E-state index contributed by atoms with van der Waals surface area (Å²) in [6.45, 7) is 14.6. The normalized spacial score (nSPS) is 11.5. The molecule has 6 aromatic rings. The molecule has 0 amide bonds. The molecule has 21 heteroatoms. The highest BCUT2D eigenvalue weighted by molar-refractivity contribution is 9.08. The van der Waals surface area contributed by atoms with Gasteiger partial charge in [0.25, 0.3) is 0 Å². The van der Waals surface area contributed by atoms with E-state index < -0.39 is 15.2 Å². The van der Waals surface area contributed by atoms with Crippen molar-refractivity contribution in [3.8, 4) is 12.0 Å². The quantitative estimate of drug-likeness (QED) is 0.0307. The lowest BCUT2D eigenvalue weighted by atomic mass is 10.1. The summed E-state index contributed by atoms with van der Waals surface area (Å²) in [5.41, 5.74) is 18.1. The lowest BCUT2D eigenvalue weighted by Crippen LogP contribution is -2.06. The van der Waals surface area contributed by atoms with Gasteiger partial charge >= 0.3 is 27.2 Å². The van der Waals surface area contributed by atoms with E-state index >= 15 is 0 Å². The Bertz CT molecular complexity index is 2380. The molecule has 0 atom stereocenters. The van der Waals surface area contributed by atoms with Gasteiger partial charge in [-0.25, -0.2) is 9.97 Å². The number of nitrogen functional groups attached to an aromatic ring is 2. The Labute approximate surface area is 377 Å². The molecule has 63 heavy (non-hydrogen) atoms. The molecule has 0 bridgehead atoms. The van der Waals surface area contributed by atoms with Crippen LogP contribution in [0.25, 0.3) is 22.3 Å². The summed E-state index contributed by atoms with van der Waals surface area (Å²) in [5.74, 6) is 0.655. The lowest BCUT2D eigenvalue weighted by Gasteiger charge is -2.17. The number of anilines is 2. The first kappa shape index (κ1) is 51.2. The van der Waals surface area contributed by atoms with Crippen molar-refractivity contribution >= 4 is 65.1 Å². The molecule has 0 unspecified atom stereocenters. The van der Waals surface area contributed by atoms with E-state index in [2.05, 4.69) is 64.7 Å². The molecular formula is C42H61BrN10O8P2. The van der Waals surface area contributed by atoms with Crippen LogP contribution in [0.1, 0.15) is 89.5 Å². The average Bonchev–Trinajstić information content (AvgIpc) is 3.90. The summed E-state index contributed by atoms with van der Waals surface area (Å²) in [4.78, 5) is 28.0. The number of halogens is 1. The van der Waals surface area contributed by atoms with Crippen molar-refractivity contribution in [2.75, 3.05) is 51.1 Å². The van der Waals surface area contributed by atoms with Gasteiger partial charge in [0.2, 0.25) is 0 Å². The largest absolute Gasteiger partial charge is 0.463 e. The molecule has 0 saturated carbocycles. The Kier molecular flexibility index (Phi) is 21.4. The zero-order chi connectivity index (χ0) is 45.7. The fraction of sp³-hybridized carbons (Fsp3) is 0.476. The SMILES string of the molecule is CCCCOc1nc(N)c2[nH]cnc2n1.CCCCOc1nc(N)c2ncn(Cc3cccc(CP(=O)(OCC)OCC)c3)c2n1.CCOP(=O)(Cc1cccc(CBr)c1)OCC. The van der Waals surface area contributed by atoms with Crippen LogP contribution in [0.3, 0.4) is 0 Å². The molecule has 0 aliphatic rings. The minimum atomic E-state index is -3.17. The minimum Gasteiger partial charge on any atom is -0.463 e. The Balaban J connectivity index is 0.000000229. The maximum atomic E-state index is 12.9. The van der Waals surface area contributed by atoms with Crippen molar-refractivity contribution in [1.29, 1.82) is 0 Å². The molecule has 0 aliphatic heterocycles. The van der Waals surface area contributed by atoms with Crippen LogP contribution in [-0.2, 0) is 51.4 Å². The standard InChI is InChI=1S/C21H30N5O4P.C12H18BrO3P.C9H13N5O/c1-4-7-11-28-21-24-19(22)18-20(25-21)26(15-23-18)13-16-9-8-10-17(12-16)14-31(27,29-5-2)30-6-3;1-3-15-17(14,16-4-2)10-12-7-5-6-11(8-12)9-13;1-2-3-4-15-9-13-7(10)6-8(14-9)12-5-11-6/h8-10,12,15H,4-7,11,13-14H2,1-3H3,(H2,22,24,25);5-8H,3-4,9-10H2,1-2H3;5H,2-4H2,1H3,(H3,10,11,12,13,14). The van der Waals surface area contributed by atoms with Gasteiger partial charge in [-0.15, -0.1) is 0 Å². The van der Waals surface area contributed by atoms with Crippen molar-refractivity contribution in [2.45, 2.75) is 91.4 Å². The molecule has 0 radical (unpaired) electrons. The molecule has 4 heterocycles. The molecule has 0 saturated heterocycles. The maximum absolute atomic E-state index is 12.9. The fourth-order valence-corrected chi connectivity index (χ4v) is 9.69. The van der Waals surface area contributed by atoms with E-state index in [4.69, 9.17) is 39.0 Å². The highest BCUT2D eigenvalue weighted by atomic mass is 79.9. The predicted molar refractivity (Wildman–Crippen MR) is 250 cm³/mol. The zero-order valence-corrected chi connectivity index (χ0v) is 40.4. The first-order valence-electron chi connectivity index (χ1n) is 21.1. The summed E-state index contributed by atoms with van der Waals surface area (Å²) >= 11 is 3.40. The summed E-state index contributed by atoms with van der Waals surface area (Å²) in [6.07, 6.45) is 7.75. The van der Waals surface area contributed by atoms with Crippen LogP contribution in [0.2, 0.25) is 0 Å². The van der Waals surface area contributed by atoms with E-state index in [9.17, 15) is 9.13 Å². The monoisotopic (exact) mass is 974 g/mol. The summed E-state index contributed by atoms with van der Waals surface area (Å²) in [7, 11) is -6.16. The minimum absolute atomic E-state index is 0.220. The number of nitrogens with one attached hydrogen (secondary N) is 1. The van der Waals surface area contributed by atoms with Gasteiger partial charge in [-0.2, -0.15) is 19.9 Å². The molecular weight excluding hydrogens is 914 g/mol. The Morgan fingerprint density at radius 3 is 1.71 bits per heavy atom. The second-order valence-electron chi connectivity index (χ2n) is 13.8. The third kappa shape index (κ3) is 16.2. The van der Waals surface area contributed by atoms with Crippen molar-refractivity contribution in [1.82, 2.24) is 39.5 Å². The fourth-order valence-electron chi connectivity index (χ4n) is 5.97. The van der Waals surface area contributed by atoms with E-state index in [0.717, 1.165) is 53.3 Å². The van der Waals surface area contributed by atoms with Crippen LogP contribution in [0.4, 0.5) is 11.6 Å².